The maximum absolute atomic E-state index is 12.3. The van der Waals surface area contributed by atoms with Gasteiger partial charge in [-0.25, -0.2) is 4.79 Å². The smallest absolute Gasteiger partial charge is 0.319 e. The number of hydrogen-bond donors (Lipinski definition) is 3. The maximum atomic E-state index is 12.3. The van der Waals surface area contributed by atoms with E-state index in [2.05, 4.69) is 33.8 Å². The first-order valence-corrected chi connectivity index (χ1v) is 8.97. The maximum Gasteiger partial charge on any atom is 0.319 e. The molecule has 2 amide bonds. The van der Waals surface area contributed by atoms with E-state index in [1.165, 1.54) is 16.6 Å². The van der Waals surface area contributed by atoms with Crippen molar-refractivity contribution in [2.24, 2.45) is 0 Å². The summed E-state index contributed by atoms with van der Waals surface area (Å²) < 4.78 is 0. The van der Waals surface area contributed by atoms with Crippen LogP contribution >= 0.6 is 23.2 Å². The van der Waals surface area contributed by atoms with E-state index in [1.807, 2.05) is 6.07 Å². The molecule has 1 atom stereocenters. The number of carbonyl (C=O) groups excluding carboxylic acids is 1. The number of para-hydroxylation sites is 1. The number of aromatic nitrogens is 1. The van der Waals surface area contributed by atoms with Crippen molar-refractivity contribution in [2.45, 2.75) is 25.3 Å². The number of halogens is 2. The van der Waals surface area contributed by atoms with Crippen molar-refractivity contribution >= 4 is 45.8 Å². The summed E-state index contributed by atoms with van der Waals surface area (Å²) >= 11 is 11.9. The van der Waals surface area contributed by atoms with E-state index >= 15 is 0 Å². The molecule has 0 fully saturated rings. The number of nitrogens with one attached hydrogen (secondary N) is 3. The highest BCUT2D eigenvalue weighted by molar-refractivity contribution is 6.42. The van der Waals surface area contributed by atoms with Gasteiger partial charge in [0.15, 0.2) is 0 Å². The molecular formula is C19H17Cl2N3O. The van der Waals surface area contributed by atoms with Gasteiger partial charge in [-0.3, -0.25) is 0 Å². The summed E-state index contributed by atoms with van der Waals surface area (Å²) in [6, 6.07) is 13.2. The Balaban J connectivity index is 1.43. The van der Waals surface area contributed by atoms with Crippen LogP contribution in [0.15, 0.2) is 42.5 Å². The van der Waals surface area contributed by atoms with Crippen molar-refractivity contribution in [1.29, 1.82) is 0 Å². The fraction of sp³-hybridized carbons (Fsp3) is 0.211. The molecule has 128 valence electrons. The molecule has 1 aliphatic rings. The van der Waals surface area contributed by atoms with E-state index in [4.69, 9.17) is 23.2 Å². The average molecular weight is 374 g/mol. The van der Waals surface area contributed by atoms with Crippen molar-refractivity contribution < 1.29 is 4.79 Å². The number of rotatable bonds is 2. The quantitative estimate of drug-likeness (QED) is 0.571. The van der Waals surface area contributed by atoms with Crippen LogP contribution in [0.25, 0.3) is 10.9 Å². The number of H-pyrrole nitrogens is 1. The SMILES string of the molecule is O=C(Nc1ccc(Cl)c(Cl)c1)NC1CCc2c([nH]c3ccccc23)C1. The number of anilines is 1. The van der Waals surface area contributed by atoms with Gasteiger partial charge in [0, 0.05) is 34.7 Å². The second-order valence-corrected chi connectivity index (χ2v) is 7.11. The first-order valence-electron chi connectivity index (χ1n) is 8.21. The summed E-state index contributed by atoms with van der Waals surface area (Å²) in [6.45, 7) is 0. The third-order valence-electron chi connectivity index (χ3n) is 4.61. The lowest BCUT2D eigenvalue weighted by Gasteiger charge is -2.23. The van der Waals surface area contributed by atoms with E-state index in [1.54, 1.807) is 18.2 Å². The lowest BCUT2D eigenvalue weighted by Crippen LogP contribution is -2.41. The Labute approximate surface area is 155 Å². The second kappa shape index (κ2) is 6.62. The lowest BCUT2D eigenvalue weighted by atomic mass is 9.92. The third kappa shape index (κ3) is 3.32. The molecule has 4 nitrogen and oxygen atoms in total. The third-order valence-corrected chi connectivity index (χ3v) is 5.35. The summed E-state index contributed by atoms with van der Waals surface area (Å²) in [7, 11) is 0. The van der Waals surface area contributed by atoms with Gasteiger partial charge in [-0.2, -0.15) is 0 Å². The number of amides is 2. The van der Waals surface area contributed by atoms with Gasteiger partial charge in [0.25, 0.3) is 0 Å². The van der Waals surface area contributed by atoms with E-state index in [-0.39, 0.29) is 12.1 Å². The predicted octanol–water partition coefficient (Wildman–Crippen LogP) is 5.15. The number of benzene rings is 2. The molecule has 25 heavy (non-hydrogen) atoms. The molecule has 0 saturated heterocycles. The number of hydrogen-bond acceptors (Lipinski definition) is 1. The molecule has 6 heteroatoms. The van der Waals surface area contributed by atoms with Crippen LogP contribution in [0.5, 0.6) is 0 Å². The van der Waals surface area contributed by atoms with E-state index in [9.17, 15) is 4.79 Å². The lowest BCUT2D eigenvalue weighted by molar-refractivity contribution is 0.247. The van der Waals surface area contributed by atoms with Gasteiger partial charge in [0.05, 0.1) is 10.0 Å². The summed E-state index contributed by atoms with van der Waals surface area (Å²) in [6.07, 6.45) is 2.68. The van der Waals surface area contributed by atoms with Crippen molar-refractivity contribution in [1.82, 2.24) is 10.3 Å². The molecule has 0 bridgehead atoms. The molecule has 2 aromatic carbocycles. The van der Waals surface area contributed by atoms with Crippen LogP contribution in [0, 0.1) is 0 Å². The summed E-state index contributed by atoms with van der Waals surface area (Å²) in [5, 5.41) is 8.01. The topological polar surface area (TPSA) is 56.9 Å². The Morgan fingerprint density at radius 3 is 2.80 bits per heavy atom. The Kier molecular flexibility index (Phi) is 4.32. The average Bonchev–Trinajstić information content (AvgIpc) is 2.96. The molecule has 0 aliphatic heterocycles. The van der Waals surface area contributed by atoms with Crippen LogP contribution in [0.4, 0.5) is 10.5 Å². The summed E-state index contributed by atoms with van der Waals surface area (Å²) in [5.74, 6) is 0. The van der Waals surface area contributed by atoms with Gasteiger partial charge < -0.3 is 15.6 Å². The van der Waals surface area contributed by atoms with Gasteiger partial charge in [-0.1, -0.05) is 41.4 Å². The summed E-state index contributed by atoms with van der Waals surface area (Å²) in [4.78, 5) is 15.7. The van der Waals surface area contributed by atoms with Gasteiger partial charge in [0.1, 0.15) is 0 Å². The zero-order valence-corrected chi connectivity index (χ0v) is 14.9. The number of carbonyl (C=O) groups is 1. The van der Waals surface area contributed by atoms with Gasteiger partial charge >= 0.3 is 6.03 Å². The number of aromatic amines is 1. The standard InChI is InChI=1S/C19H17Cl2N3O/c20-15-8-6-11(9-16(15)21)22-19(25)23-12-5-7-14-13-3-1-2-4-17(13)24-18(14)10-12/h1-4,6,8-9,12,24H,5,7,10H2,(H2,22,23,25). The Morgan fingerprint density at radius 2 is 1.96 bits per heavy atom. The van der Waals surface area contributed by atoms with E-state index < -0.39 is 0 Å². The molecule has 1 unspecified atom stereocenters. The number of fused-ring (bicyclic) bond motifs is 3. The molecule has 4 rings (SSSR count). The Bertz CT molecular complexity index is 951. The molecule has 1 heterocycles. The van der Waals surface area contributed by atoms with Crippen LogP contribution in [0.1, 0.15) is 17.7 Å². The van der Waals surface area contributed by atoms with Crippen LogP contribution in [-0.2, 0) is 12.8 Å². The molecular weight excluding hydrogens is 357 g/mol. The number of aryl methyl sites for hydroxylation is 1. The van der Waals surface area contributed by atoms with Crippen molar-refractivity contribution in [3.05, 3.63) is 63.8 Å². The van der Waals surface area contributed by atoms with E-state index in [0.717, 1.165) is 24.8 Å². The fourth-order valence-corrected chi connectivity index (χ4v) is 3.73. The predicted molar refractivity (Wildman–Crippen MR) is 103 cm³/mol. The normalized spacial score (nSPS) is 16.5. The van der Waals surface area contributed by atoms with Gasteiger partial charge in [-0.05, 0) is 42.7 Å². The largest absolute Gasteiger partial charge is 0.358 e. The molecule has 3 N–H and O–H groups in total. The van der Waals surface area contributed by atoms with Crippen molar-refractivity contribution in [3.63, 3.8) is 0 Å². The fourth-order valence-electron chi connectivity index (χ4n) is 3.43. The highest BCUT2D eigenvalue weighted by Gasteiger charge is 2.23. The molecule has 0 saturated carbocycles. The first kappa shape index (κ1) is 16.3. The Morgan fingerprint density at radius 1 is 1.12 bits per heavy atom. The minimum Gasteiger partial charge on any atom is -0.358 e. The van der Waals surface area contributed by atoms with Gasteiger partial charge in [0.2, 0.25) is 0 Å². The molecule has 1 aliphatic carbocycles. The monoisotopic (exact) mass is 373 g/mol. The highest BCUT2D eigenvalue weighted by atomic mass is 35.5. The minimum atomic E-state index is -0.233. The van der Waals surface area contributed by atoms with Crippen molar-refractivity contribution in [2.75, 3.05) is 5.32 Å². The van der Waals surface area contributed by atoms with Crippen LogP contribution in [-0.4, -0.2) is 17.1 Å². The van der Waals surface area contributed by atoms with Crippen LogP contribution < -0.4 is 10.6 Å². The molecule has 0 spiro atoms. The van der Waals surface area contributed by atoms with E-state index in [0.29, 0.717) is 15.7 Å². The zero-order valence-electron chi connectivity index (χ0n) is 13.4. The molecule has 0 radical (unpaired) electrons. The summed E-state index contributed by atoms with van der Waals surface area (Å²) in [5.41, 5.74) is 4.37. The second-order valence-electron chi connectivity index (χ2n) is 6.29. The highest BCUT2D eigenvalue weighted by Crippen LogP contribution is 2.29. The number of urea groups is 1. The molecule has 1 aromatic heterocycles. The molecule has 3 aromatic rings. The van der Waals surface area contributed by atoms with Crippen molar-refractivity contribution in [3.8, 4) is 0 Å². The van der Waals surface area contributed by atoms with Gasteiger partial charge in [-0.15, -0.1) is 0 Å². The minimum absolute atomic E-state index is 0.100. The zero-order chi connectivity index (χ0) is 17.4. The first-order chi connectivity index (χ1) is 12.1. The van der Waals surface area contributed by atoms with Crippen LogP contribution in [0.3, 0.4) is 0 Å². The van der Waals surface area contributed by atoms with Crippen LogP contribution in [0.2, 0.25) is 10.0 Å². The Hall–Kier alpha value is -2.17.